The van der Waals surface area contributed by atoms with E-state index in [0.717, 1.165) is 7.11 Å². The molecule has 1 amide bonds. The molecule has 0 spiro atoms. The summed E-state index contributed by atoms with van der Waals surface area (Å²) >= 11 is 0. The van der Waals surface area contributed by atoms with Crippen LogP contribution >= 0.6 is 0 Å². The van der Waals surface area contributed by atoms with Gasteiger partial charge in [0.05, 0.1) is 7.11 Å². The second-order valence-electron chi connectivity index (χ2n) is 5.97. The second-order valence-corrected chi connectivity index (χ2v) is 5.97. The number of aromatic carboxylic acids is 1. The molecule has 0 radical (unpaired) electrons. The number of nitrogens with zero attached hydrogens (tertiary/aromatic N) is 1. The minimum atomic E-state index is -1.84. The van der Waals surface area contributed by atoms with E-state index in [1.54, 1.807) is 20.8 Å². The number of alkyl carbamates (subject to hydrolysis) is 1. The smallest absolute Gasteiger partial charge is 0.408 e. The molecule has 0 unspecified atom stereocenters. The summed E-state index contributed by atoms with van der Waals surface area (Å²) in [7, 11) is 1.12. The Hall–Kier alpha value is -2.58. The van der Waals surface area contributed by atoms with Crippen molar-refractivity contribution in [3.8, 4) is 0 Å². The highest BCUT2D eigenvalue weighted by Crippen LogP contribution is 2.25. The highest BCUT2D eigenvalue weighted by atomic mass is 16.6. The number of carbonyl (C=O) groups excluding carboxylic acids is 2. The maximum absolute atomic E-state index is 12.1. The molecule has 1 heterocycles. The van der Waals surface area contributed by atoms with Crippen molar-refractivity contribution in [2.75, 3.05) is 7.11 Å². The van der Waals surface area contributed by atoms with E-state index in [4.69, 9.17) is 14.3 Å². The van der Waals surface area contributed by atoms with Gasteiger partial charge in [-0.05, 0) is 34.6 Å². The minimum absolute atomic E-state index is 0.00591. The average Bonchev–Trinajstić information content (AvgIpc) is 2.77. The molecule has 0 aliphatic carbocycles. The summed E-state index contributed by atoms with van der Waals surface area (Å²) in [5, 5.41) is 11.3. The summed E-state index contributed by atoms with van der Waals surface area (Å²) in [4.78, 5) is 38.9. The number of esters is 1. The van der Waals surface area contributed by atoms with Gasteiger partial charge in [-0.15, -0.1) is 0 Å². The molecule has 1 rings (SSSR count). The lowest BCUT2D eigenvalue weighted by molar-refractivity contribution is -0.149. The fourth-order valence-corrected chi connectivity index (χ4v) is 1.71. The molecule has 1 aromatic heterocycles. The molecule has 0 aliphatic heterocycles. The van der Waals surface area contributed by atoms with Crippen molar-refractivity contribution in [3.05, 3.63) is 17.3 Å². The van der Waals surface area contributed by atoms with E-state index < -0.39 is 29.2 Å². The number of methoxy groups -OCH3 is 1. The third-order valence-corrected chi connectivity index (χ3v) is 2.77. The molecule has 0 aliphatic rings. The Labute approximate surface area is 133 Å². The van der Waals surface area contributed by atoms with Gasteiger partial charge in [-0.2, -0.15) is 0 Å². The van der Waals surface area contributed by atoms with Crippen LogP contribution < -0.4 is 5.32 Å². The zero-order valence-corrected chi connectivity index (χ0v) is 13.8. The first-order valence-corrected chi connectivity index (χ1v) is 6.71. The Morgan fingerprint density at radius 3 is 2.17 bits per heavy atom. The van der Waals surface area contributed by atoms with Crippen molar-refractivity contribution in [2.24, 2.45) is 0 Å². The van der Waals surface area contributed by atoms with Gasteiger partial charge in [0, 0.05) is 0 Å². The topological polar surface area (TPSA) is 128 Å². The van der Waals surface area contributed by atoms with Gasteiger partial charge in [0.2, 0.25) is 11.4 Å². The van der Waals surface area contributed by atoms with E-state index in [2.05, 4.69) is 15.0 Å². The molecule has 0 saturated carbocycles. The van der Waals surface area contributed by atoms with Crippen molar-refractivity contribution < 1.29 is 33.4 Å². The van der Waals surface area contributed by atoms with Crippen LogP contribution in [-0.2, 0) is 19.8 Å². The van der Waals surface area contributed by atoms with Crippen molar-refractivity contribution in [3.63, 3.8) is 0 Å². The van der Waals surface area contributed by atoms with Gasteiger partial charge in [-0.1, -0.05) is 0 Å². The molecular formula is C14H20N2O7. The Morgan fingerprint density at radius 2 is 1.78 bits per heavy atom. The Morgan fingerprint density at radius 1 is 1.22 bits per heavy atom. The molecule has 128 valence electrons. The number of carbonyl (C=O) groups is 3. The van der Waals surface area contributed by atoms with Crippen LogP contribution in [0.15, 0.2) is 4.42 Å². The van der Waals surface area contributed by atoms with Gasteiger partial charge in [0.1, 0.15) is 11.4 Å². The van der Waals surface area contributed by atoms with Crippen LogP contribution in [0.1, 0.15) is 49.8 Å². The van der Waals surface area contributed by atoms with Crippen LogP contribution in [0, 0.1) is 6.92 Å². The third-order valence-electron chi connectivity index (χ3n) is 2.77. The number of aryl methyl sites for hydroxylation is 1. The monoisotopic (exact) mass is 328 g/mol. The maximum atomic E-state index is 12.1. The second kappa shape index (κ2) is 6.27. The summed E-state index contributed by atoms with van der Waals surface area (Å²) in [5.41, 5.74) is -2.99. The summed E-state index contributed by atoms with van der Waals surface area (Å²) in [6, 6.07) is 0. The highest BCUT2D eigenvalue weighted by Gasteiger charge is 2.45. The van der Waals surface area contributed by atoms with E-state index in [9.17, 15) is 14.4 Å². The van der Waals surface area contributed by atoms with Gasteiger partial charge in [0.25, 0.3) is 0 Å². The van der Waals surface area contributed by atoms with Crippen LogP contribution in [0.2, 0.25) is 0 Å². The number of carboxylic acid groups (broad SMARTS) is 1. The number of hydrogen-bond donors (Lipinski definition) is 2. The lowest BCUT2D eigenvalue weighted by atomic mass is 10.0. The SMILES string of the molecule is COC(=O)[C@](C)(NC(=O)OC(C)(C)C)c1nc(C(=O)O)c(C)o1. The van der Waals surface area contributed by atoms with Crippen LogP contribution in [0.25, 0.3) is 0 Å². The van der Waals surface area contributed by atoms with E-state index in [0.29, 0.717) is 0 Å². The first kappa shape index (κ1) is 18.5. The molecule has 9 nitrogen and oxygen atoms in total. The van der Waals surface area contributed by atoms with E-state index in [1.807, 2.05) is 0 Å². The molecule has 1 atom stereocenters. The summed E-state index contributed by atoms with van der Waals surface area (Å²) in [6.07, 6.45) is -0.905. The van der Waals surface area contributed by atoms with Crippen molar-refractivity contribution in [1.82, 2.24) is 10.3 Å². The molecule has 0 aromatic carbocycles. The Balaban J connectivity index is 3.23. The first-order chi connectivity index (χ1) is 10.4. The number of ether oxygens (including phenoxy) is 2. The summed E-state index contributed by atoms with van der Waals surface area (Å²) in [5.74, 6) is -2.53. The van der Waals surface area contributed by atoms with Crippen LogP contribution in [0.3, 0.4) is 0 Å². The number of oxazole rings is 1. The predicted octanol–water partition coefficient (Wildman–Crippen LogP) is 1.59. The fraction of sp³-hybridized carbons (Fsp3) is 0.571. The molecule has 2 N–H and O–H groups in total. The molecule has 23 heavy (non-hydrogen) atoms. The zero-order valence-electron chi connectivity index (χ0n) is 13.8. The normalized spacial score (nSPS) is 13.8. The zero-order chi connectivity index (χ0) is 18.0. The number of carboxylic acids is 1. The van der Waals surface area contributed by atoms with E-state index >= 15 is 0 Å². The fourth-order valence-electron chi connectivity index (χ4n) is 1.71. The number of hydrogen-bond acceptors (Lipinski definition) is 7. The molecular weight excluding hydrogens is 308 g/mol. The lowest BCUT2D eigenvalue weighted by Gasteiger charge is -2.27. The Bertz CT molecular complexity index is 630. The van der Waals surface area contributed by atoms with Crippen molar-refractivity contribution in [1.29, 1.82) is 0 Å². The first-order valence-electron chi connectivity index (χ1n) is 6.71. The van der Waals surface area contributed by atoms with Gasteiger partial charge in [-0.3, -0.25) is 5.32 Å². The van der Waals surface area contributed by atoms with E-state index in [1.165, 1.54) is 13.8 Å². The van der Waals surface area contributed by atoms with Crippen molar-refractivity contribution in [2.45, 2.75) is 45.8 Å². The molecule has 0 bridgehead atoms. The quantitative estimate of drug-likeness (QED) is 0.797. The number of aromatic nitrogens is 1. The molecule has 1 aromatic rings. The number of rotatable bonds is 4. The Kier molecular flexibility index (Phi) is 5.03. The van der Waals surface area contributed by atoms with Crippen LogP contribution in [0.4, 0.5) is 4.79 Å². The molecule has 0 saturated heterocycles. The van der Waals surface area contributed by atoms with Crippen LogP contribution in [0.5, 0.6) is 0 Å². The van der Waals surface area contributed by atoms with Gasteiger partial charge >= 0.3 is 18.0 Å². The predicted molar refractivity (Wildman–Crippen MR) is 76.9 cm³/mol. The minimum Gasteiger partial charge on any atom is -0.476 e. The largest absolute Gasteiger partial charge is 0.476 e. The van der Waals surface area contributed by atoms with Crippen LogP contribution in [-0.4, -0.2) is 40.8 Å². The average molecular weight is 328 g/mol. The lowest BCUT2D eigenvalue weighted by Crippen LogP contribution is -2.51. The van der Waals surface area contributed by atoms with Gasteiger partial charge in [0.15, 0.2) is 5.69 Å². The van der Waals surface area contributed by atoms with Crippen molar-refractivity contribution >= 4 is 18.0 Å². The maximum Gasteiger partial charge on any atom is 0.408 e. The van der Waals surface area contributed by atoms with Gasteiger partial charge < -0.3 is 19.0 Å². The van der Waals surface area contributed by atoms with E-state index in [-0.39, 0.29) is 17.3 Å². The number of nitrogens with one attached hydrogen (secondary N) is 1. The summed E-state index contributed by atoms with van der Waals surface area (Å²) < 4.78 is 15.0. The third kappa shape index (κ3) is 4.21. The molecule has 0 fully saturated rings. The standard InChI is InChI=1S/C14H20N2O7/c1-7-8(9(17)18)15-10(22-7)14(5,11(19)21-6)16-12(20)23-13(2,3)4/h1-6H3,(H,16,20)(H,17,18)/t14-/m1/s1. The number of amides is 1. The summed E-state index contributed by atoms with van der Waals surface area (Å²) in [6.45, 7) is 7.62. The highest BCUT2D eigenvalue weighted by molar-refractivity contribution is 5.88. The molecule has 9 heteroatoms. The van der Waals surface area contributed by atoms with Gasteiger partial charge in [-0.25, -0.2) is 19.4 Å².